The van der Waals surface area contributed by atoms with E-state index in [2.05, 4.69) is 9.64 Å². The molecule has 0 amide bonds. The Kier molecular flexibility index (Phi) is 3.05. The molecule has 2 fully saturated rings. The minimum atomic E-state index is -0.515. The summed E-state index contributed by atoms with van der Waals surface area (Å²) in [7, 11) is 1.35. The number of carbonyl (C=O) groups excluding carboxylic acids is 2. The highest BCUT2D eigenvalue weighted by atomic mass is 16.5. The van der Waals surface area contributed by atoms with Crippen LogP contribution in [0.2, 0.25) is 0 Å². The number of likely N-dealkylation sites (tertiary alicyclic amines) is 1. The van der Waals surface area contributed by atoms with Crippen LogP contribution in [0.5, 0.6) is 0 Å². The Balaban J connectivity index is 1.96. The highest BCUT2D eigenvalue weighted by Gasteiger charge is 2.35. The van der Waals surface area contributed by atoms with Gasteiger partial charge in [0.25, 0.3) is 0 Å². The monoisotopic (exact) mass is 211 g/mol. The molecule has 1 saturated carbocycles. The predicted octanol–water partition coefficient (Wildman–Crippen LogP) is 0.603. The van der Waals surface area contributed by atoms with Crippen LogP contribution in [0, 0.1) is 5.92 Å². The van der Waals surface area contributed by atoms with Gasteiger partial charge in [-0.1, -0.05) is 0 Å². The minimum Gasteiger partial charge on any atom is -0.468 e. The summed E-state index contributed by atoms with van der Waals surface area (Å²) in [5.41, 5.74) is 0. The zero-order valence-electron chi connectivity index (χ0n) is 9.07. The fourth-order valence-electron chi connectivity index (χ4n) is 2.19. The van der Waals surface area contributed by atoms with E-state index in [0.717, 1.165) is 13.1 Å². The van der Waals surface area contributed by atoms with Gasteiger partial charge in [0.05, 0.1) is 7.11 Å². The molecule has 0 spiro atoms. The van der Waals surface area contributed by atoms with Crippen molar-refractivity contribution in [3.05, 3.63) is 0 Å². The normalized spacial score (nSPS) is 28.6. The van der Waals surface area contributed by atoms with Crippen LogP contribution in [-0.4, -0.2) is 42.9 Å². The lowest BCUT2D eigenvalue weighted by molar-refractivity contribution is -0.149. The molecular weight excluding hydrogens is 194 g/mol. The van der Waals surface area contributed by atoms with Gasteiger partial charge < -0.3 is 4.74 Å². The van der Waals surface area contributed by atoms with E-state index < -0.39 is 5.92 Å². The number of Topliss-reactive ketones (excluding diaryl/α,β-unsaturated/α-hetero) is 1. The first kappa shape index (κ1) is 10.6. The molecule has 1 atom stereocenters. The molecule has 1 unspecified atom stereocenters. The van der Waals surface area contributed by atoms with Crippen molar-refractivity contribution in [2.24, 2.45) is 5.92 Å². The van der Waals surface area contributed by atoms with Crippen LogP contribution < -0.4 is 0 Å². The zero-order valence-corrected chi connectivity index (χ0v) is 9.07. The molecule has 1 saturated heterocycles. The largest absolute Gasteiger partial charge is 0.468 e. The molecule has 4 heteroatoms. The lowest BCUT2D eigenvalue weighted by atomic mass is 10.00. The van der Waals surface area contributed by atoms with Gasteiger partial charge in [-0.05, 0) is 25.8 Å². The Bertz CT molecular complexity index is 273. The molecule has 84 valence electrons. The fourth-order valence-corrected chi connectivity index (χ4v) is 2.19. The molecule has 1 aliphatic heterocycles. The minimum absolute atomic E-state index is 0.0463. The molecule has 0 aromatic rings. The molecule has 1 heterocycles. The van der Waals surface area contributed by atoms with Crippen LogP contribution in [0.4, 0.5) is 0 Å². The second-order valence-corrected chi connectivity index (χ2v) is 4.35. The van der Waals surface area contributed by atoms with Crippen molar-refractivity contribution in [2.45, 2.75) is 31.7 Å². The number of ether oxygens (including phenoxy) is 1. The number of rotatable bonds is 2. The van der Waals surface area contributed by atoms with Gasteiger partial charge in [0.1, 0.15) is 11.7 Å². The number of methoxy groups -OCH3 is 1. The van der Waals surface area contributed by atoms with Gasteiger partial charge in [0, 0.05) is 19.0 Å². The van der Waals surface area contributed by atoms with Crippen LogP contribution in [0.1, 0.15) is 25.7 Å². The molecule has 2 rings (SSSR count). The van der Waals surface area contributed by atoms with Crippen LogP contribution in [-0.2, 0) is 14.3 Å². The van der Waals surface area contributed by atoms with Crippen LogP contribution in [0.15, 0.2) is 0 Å². The third-order valence-electron chi connectivity index (χ3n) is 3.29. The maximum atomic E-state index is 11.7. The summed E-state index contributed by atoms with van der Waals surface area (Å²) in [5, 5.41) is 0. The van der Waals surface area contributed by atoms with Crippen LogP contribution >= 0.6 is 0 Å². The van der Waals surface area contributed by atoms with Gasteiger partial charge >= 0.3 is 5.97 Å². The van der Waals surface area contributed by atoms with Crippen molar-refractivity contribution in [1.82, 2.24) is 4.90 Å². The zero-order chi connectivity index (χ0) is 10.8. The summed E-state index contributed by atoms with van der Waals surface area (Å²) in [6, 6.07) is 0.675. The number of hydrogen-bond acceptors (Lipinski definition) is 4. The summed E-state index contributed by atoms with van der Waals surface area (Å²) in [5.74, 6) is -0.832. The quantitative estimate of drug-likeness (QED) is 0.496. The van der Waals surface area contributed by atoms with E-state index in [1.54, 1.807) is 0 Å². The second-order valence-electron chi connectivity index (χ2n) is 4.35. The highest BCUT2D eigenvalue weighted by molar-refractivity contribution is 5.99. The van der Waals surface area contributed by atoms with E-state index in [-0.39, 0.29) is 11.8 Å². The molecule has 0 aromatic carbocycles. The number of esters is 1. The molecule has 1 aliphatic carbocycles. The first-order chi connectivity index (χ1) is 7.22. The van der Waals surface area contributed by atoms with E-state index in [4.69, 9.17) is 0 Å². The van der Waals surface area contributed by atoms with Crippen molar-refractivity contribution in [2.75, 3.05) is 20.2 Å². The van der Waals surface area contributed by atoms with Crippen LogP contribution in [0.25, 0.3) is 0 Å². The second kappa shape index (κ2) is 4.31. The summed E-state index contributed by atoms with van der Waals surface area (Å²) in [6.07, 6.45) is 3.62. The summed E-state index contributed by atoms with van der Waals surface area (Å²) >= 11 is 0. The Morgan fingerprint density at radius 1 is 1.33 bits per heavy atom. The average molecular weight is 211 g/mol. The standard InChI is InChI=1S/C11H17NO3/c1-15-11(14)9-4-6-12(8-2-3-8)7-5-10(9)13/h8-9H,2-7H2,1H3. The van der Waals surface area contributed by atoms with Crippen molar-refractivity contribution in [1.29, 1.82) is 0 Å². The summed E-state index contributed by atoms with van der Waals surface area (Å²) < 4.78 is 4.65. The van der Waals surface area contributed by atoms with E-state index in [1.165, 1.54) is 20.0 Å². The van der Waals surface area contributed by atoms with Gasteiger partial charge in [0.2, 0.25) is 0 Å². The number of nitrogens with zero attached hydrogens (tertiary/aromatic N) is 1. The van der Waals surface area contributed by atoms with E-state index in [1.807, 2.05) is 0 Å². The predicted molar refractivity (Wildman–Crippen MR) is 54.3 cm³/mol. The van der Waals surface area contributed by atoms with Gasteiger partial charge in [-0.15, -0.1) is 0 Å². The topological polar surface area (TPSA) is 46.6 Å². The van der Waals surface area contributed by atoms with Crippen LogP contribution in [0.3, 0.4) is 0 Å². The summed E-state index contributed by atoms with van der Waals surface area (Å²) in [6.45, 7) is 1.67. The lowest BCUT2D eigenvalue weighted by Gasteiger charge is -2.18. The number of carbonyl (C=O) groups is 2. The van der Waals surface area contributed by atoms with Gasteiger partial charge in [-0.25, -0.2) is 0 Å². The van der Waals surface area contributed by atoms with E-state index in [9.17, 15) is 9.59 Å². The van der Waals surface area contributed by atoms with E-state index in [0.29, 0.717) is 18.9 Å². The average Bonchev–Trinajstić information content (AvgIpc) is 3.03. The Morgan fingerprint density at radius 2 is 2.07 bits per heavy atom. The smallest absolute Gasteiger partial charge is 0.316 e. The lowest BCUT2D eigenvalue weighted by Crippen LogP contribution is -2.27. The van der Waals surface area contributed by atoms with Gasteiger partial charge in [-0.3, -0.25) is 14.5 Å². The van der Waals surface area contributed by atoms with Crippen molar-refractivity contribution >= 4 is 11.8 Å². The molecule has 0 bridgehead atoms. The van der Waals surface area contributed by atoms with Crippen molar-refractivity contribution in [3.8, 4) is 0 Å². The molecule has 0 radical (unpaired) electrons. The van der Waals surface area contributed by atoms with Gasteiger partial charge in [-0.2, -0.15) is 0 Å². The van der Waals surface area contributed by atoms with E-state index >= 15 is 0 Å². The first-order valence-electron chi connectivity index (χ1n) is 5.57. The third kappa shape index (κ3) is 2.37. The Hall–Kier alpha value is -0.900. The molecular formula is C11H17NO3. The Labute approximate surface area is 89.6 Å². The highest BCUT2D eigenvalue weighted by Crippen LogP contribution is 2.29. The summed E-state index contributed by atoms with van der Waals surface area (Å²) in [4.78, 5) is 25.4. The molecule has 4 nitrogen and oxygen atoms in total. The maximum Gasteiger partial charge on any atom is 0.316 e. The van der Waals surface area contributed by atoms with Gasteiger partial charge in [0.15, 0.2) is 0 Å². The molecule has 0 N–H and O–H groups in total. The third-order valence-corrected chi connectivity index (χ3v) is 3.29. The maximum absolute atomic E-state index is 11.7. The van der Waals surface area contributed by atoms with Crippen molar-refractivity contribution < 1.29 is 14.3 Å². The van der Waals surface area contributed by atoms with Crippen molar-refractivity contribution in [3.63, 3.8) is 0 Å². The molecule has 15 heavy (non-hydrogen) atoms. The molecule has 0 aromatic heterocycles. The number of hydrogen-bond donors (Lipinski definition) is 0. The fraction of sp³-hybridized carbons (Fsp3) is 0.818. The molecule has 2 aliphatic rings. The number of ketones is 1. The SMILES string of the molecule is COC(=O)C1CCN(C2CC2)CCC1=O. The first-order valence-corrected chi connectivity index (χ1v) is 5.57. The Morgan fingerprint density at radius 3 is 2.67 bits per heavy atom.